The molecule has 0 radical (unpaired) electrons. The Morgan fingerprint density at radius 3 is 2.49 bits per heavy atom. The first-order valence-corrected chi connectivity index (χ1v) is 17.2. The number of oxime groups is 1. The number of urea groups is 1. The van der Waals surface area contributed by atoms with Gasteiger partial charge in [-0.1, -0.05) is 61.5 Å². The van der Waals surface area contributed by atoms with E-state index in [0.717, 1.165) is 11.2 Å². The lowest BCUT2D eigenvalue weighted by Crippen LogP contribution is -2.62. The molecule has 3 amide bonds. The first kappa shape index (κ1) is 35.9. The Hall–Kier alpha value is -3.93. The van der Waals surface area contributed by atoms with Crippen LogP contribution in [0.1, 0.15) is 35.7 Å². The standard InChI is InChI=1S/C31H40N6O8S2/c1-21(2)28(37-14-13-36(30(37)39)17-24-19-46-27(34-24)18-45-3)29(38)35-26(15-22-7-5-4-6-8-22)31(40,41)20-33-47(43,44)25-11-9-23(10-12-25)16-32-42/h4-12,16,19,21,26,28,33,40-42H,13-15,17-18,20H2,1-3H3,(H,35,38)/b32-16+/t26-,28+/m0/s1. The smallest absolute Gasteiger partial charge is 0.321 e. The molecule has 14 nitrogen and oxygen atoms in total. The number of nitrogens with zero attached hydrogens (tertiary/aromatic N) is 4. The van der Waals surface area contributed by atoms with Gasteiger partial charge in [-0.3, -0.25) is 4.79 Å². The van der Waals surface area contributed by atoms with E-state index in [-0.39, 0.29) is 36.4 Å². The van der Waals surface area contributed by atoms with Gasteiger partial charge in [0.1, 0.15) is 11.0 Å². The molecule has 0 saturated carbocycles. The number of benzene rings is 2. The summed E-state index contributed by atoms with van der Waals surface area (Å²) in [6.45, 7) is 4.03. The number of carbonyl (C=O) groups is 2. The van der Waals surface area contributed by atoms with Crippen LogP contribution in [0.5, 0.6) is 0 Å². The quantitative estimate of drug-likeness (QED) is 0.0645. The molecule has 47 heavy (non-hydrogen) atoms. The number of hydrogen-bond acceptors (Lipinski definition) is 11. The predicted octanol–water partition coefficient (Wildman–Crippen LogP) is 1.75. The molecule has 4 rings (SSSR count). The van der Waals surface area contributed by atoms with Crippen molar-refractivity contribution in [2.45, 2.75) is 56.2 Å². The molecule has 5 N–H and O–H groups in total. The van der Waals surface area contributed by atoms with E-state index in [1.54, 1.807) is 56.2 Å². The molecule has 1 fully saturated rings. The number of aromatic nitrogens is 1. The van der Waals surface area contributed by atoms with E-state index in [0.29, 0.717) is 30.0 Å². The lowest BCUT2D eigenvalue weighted by atomic mass is 9.96. The lowest BCUT2D eigenvalue weighted by molar-refractivity contribution is -0.180. The molecule has 0 aliphatic carbocycles. The number of thiazole rings is 1. The van der Waals surface area contributed by atoms with Gasteiger partial charge in [0, 0.05) is 25.6 Å². The number of carbonyl (C=O) groups excluding carboxylic acids is 2. The fraction of sp³-hybridized carbons (Fsp3) is 0.419. The minimum atomic E-state index is -4.20. The molecule has 16 heteroatoms. The monoisotopic (exact) mass is 688 g/mol. The zero-order chi connectivity index (χ0) is 34.2. The fourth-order valence-corrected chi connectivity index (χ4v) is 7.08. The summed E-state index contributed by atoms with van der Waals surface area (Å²) >= 11 is 1.44. The Morgan fingerprint density at radius 1 is 1.15 bits per heavy atom. The number of amides is 3. The molecule has 3 aromatic rings. The number of nitrogens with one attached hydrogen (secondary N) is 2. The number of hydrogen-bond donors (Lipinski definition) is 5. The zero-order valence-electron chi connectivity index (χ0n) is 26.3. The summed E-state index contributed by atoms with van der Waals surface area (Å²) in [5.41, 5.74) is 1.83. The van der Waals surface area contributed by atoms with E-state index in [9.17, 15) is 28.2 Å². The molecule has 0 unspecified atom stereocenters. The molecule has 1 aliphatic rings. The van der Waals surface area contributed by atoms with Gasteiger partial charge in [-0.15, -0.1) is 11.3 Å². The van der Waals surface area contributed by atoms with E-state index in [1.165, 1.54) is 40.5 Å². The Labute approximate surface area is 277 Å². The Bertz CT molecular complexity index is 1630. The van der Waals surface area contributed by atoms with Crippen LogP contribution >= 0.6 is 11.3 Å². The summed E-state index contributed by atoms with van der Waals surface area (Å²) in [7, 11) is -2.62. The van der Waals surface area contributed by atoms with Gasteiger partial charge in [0.15, 0.2) is 5.79 Å². The van der Waals surface area contributed by atoms with Crippen molar-refractivity contribution in [3.05, 3.63) is 81.8 Å². The maximum absolute atomic E-state index is 13.9. The SMILES string of the molecule is COCc1nc(CN2CCN([C@@H](C(=O)N[C@@H](Cc3ccccc3)C(O)(O)CNS(=O)(=O)c3ccc(/C=N/O)cc3)C(C)C)C2=O)cs1. The second kappa shape index (κ2) is 15.8. The average Bonchev–Trinajstić information content (AvgIpc) is 3.63. The van der Waals surface area contributed by atoms with Crippen LogP contribution in [0.15, 0.2) is 70.0 Å². The fourth-order valence-electron chi connectivity index (χ4n) is 5.26. The molecule has 254 valence electrons. The normalized spacial score (nSPS) is 15.5. The number of rotatable bonds is 16. The first-order valence-electron chi connectivity index (χ1n) is 14.9. The third kappa shape index (κ3) is 9.33. The molecule has 0 spiro atoms. The van der Waals surface area contributed by atoms with Gasteiger partial charge in [0.25, 0.3) is 0 Å². The second-order valence-electron chi connectivity index (χ2n) is 11.5. The van der Waals surface area contributed by atoms with Gasteiger partial charge in [-0.2, -0.15) is 0 Å². The van der Waals surface area contributed by atoms with Crippen molar-refractivity contribution in [1.82, 2.24) is 24.8 Å². The van der Waals surface area contributed by atoms with Gasteiger partial charge in [-0.25, -0.2) is 22.9 Å². The molecule has 2 atom stereocenters. The highest BCUT2D eigenvalue weighted by atomic mass is 32.2. The van der Waals surface area contributed by atoms with E-state index in [1.807, 2.05) is 5.38 Å². The summed E-state index contributed by atoms with van der Waals surface area (Å²) in [6.07, 6.45) is 1.08. The molecule has 1 aromatic heterocycles. The molecule has 0 bridgehead atoms. The summed E-state index contributed by atoms with van der Waals surface area (Å²) in [4.78, 5) is 34.8. The minimum absolute atomic E-state index is 0.0466. The number of methoxy groups -OCH3 is 1. The van der Waals surface area contributed by atoms with E-state index in [2.05, 4.69) is 20.2 Å². The van der Waals surface area contributed by atoms with E-state index in [4.69, 9.17) is 9.94 Å². The highest BCUT2D eigenvalue weighted by Crippen LogP contribution is 2.23. The van der Waals surface area contributed by atoms with Crippen LogP contribution in [0.4, 0.5) is 4.79 Å². The number of aliphatic hydroxyl groups is 2. The van der Waals surface area contributed by atoms with Crippen LogP contribution in [-0.4, -0.2) is 101 Å². The van der Waals surface area contributed by atoms with Gasteiger partial charge in [-0.05, 0) is 35.6 Å². The molecule has 2 heterocycles. The van der Waals surface area contributed by atoms with Crippen molar-refractivity contribution in [2.24, 2.45) is 11.1 Å². The topological polar surface area (TPSA) is 194 Å². The highest BCUT2D eigenvalue weighted by molar-refractivity contribution is 7.89. The van der Waals surface area contributed by atoms with Crippen molar-refractivity contribution in [3.63, 3.8) is 0 Å². The van der Waals surface area contributed by atoms with Crippen LogP contribution < -0.4 is 10.0 Å². The van der Waals surface area contributed by atoms with Gasteiger partial charge >= 0.3 is 6.03 Å². The Balaban J connectivity index is 1.50. The number of ether oxygens (including phenoxy) is 1. The molecular formula is C31H40N6O8S2. The van der Waals surface area contributed by atoms with Crippen LogP contribution in [-0.2, 0) is 39.1 Å². The maximum Gasteiger partial charge on any atom is 0.321 e. The minimum Gasteiger partial charge on any atom is -0.411 e. The summed E-state index contributed by atoms with van der Waals surface area (Å²) in [5, 5.41) is 39.5. The summed E-state index contributed by atoms with van der Waals surface area (Å²) in [6, 6.07) is 11.5. The van der Waals surface area contributed by atoms with Gasteiger partial charge in [0.05, 0.1) is 42.5 Å². The van der Waals surface area contributed by atoms with Crippen molar-refractivity contribution >= 4 is 39.5 Å². The van der Waals surface area contributed by atoms with E-state index >= 15 is 0 Å². The van der Waals surface area contributed by atoms with Crippen molar-refractivity contribution in [3.8, 4) is 0 Å². The van der Waals surface area contributed by atoms with Crippen molar-refractivity contribution in [1.29, 1.82) is 0 Å². The Morgan fingerprint density at radius 2 is 1.85 bits per heavy atom. The zero-order valence-corrected chi connectivity index (χ0v) is 27.9. The van der Waals surface area contributed by atoms with Crippen molar-refractivity contribution in [2.75, 3.05) is 26.7 Å². The lowest BCUT2D eigenvalue weighted by Gasteiger charge is -2.36. The maximum atomic E-state index is 13.9. The van der Waals surface area contributed by atoms with Crippen LogP contribution in [0, 0.1) is 5.92 Å². The first-order chi connectivity index (χ1) is 22.3. The van der Waals surface area contributed by atoms with Crippen LogP contribution in [0.2, 0.25) is 0 Å². The van der Waals surface area contributed by atoms with Gasteiger partial charge < -0.3 is 35.3 Å². The van der Waals surface area contributed by atoms with Crippen LogP contribution in [0.3, 0.4) is 0 Å². The number of sulfonamides is 1. The summed E-state index contributed by atoms with van der Waals surface area (Å²) < 4.78 is 33.3. The van der Waals surface area contributed by atoms with Crippen LogP contribution in [0.25, 0.3) is 0 Å². The molecule has 1 aliphatic heterocycles. The average molecular weight is 689 g/mol. The largest absolute Gasteiger partial charge is 0.411 e. The highest BCUT2D eigenvalue weighted by Gasteiger charge is 2.43. The Kier molecular flexibility index (Phi) is 12.1. The molecule has 1 saturated heterocycles. The van der Waals surface area contributed by atoms with Crippen molar-refractivity contribution < 1.29 is 38.2 Å². The summed E-state index contributed by atoms with van der Waals surface area (Å²) in [5.74, 6) is -3.69. The second-order valence-corrected chi connectivity index (χ2v) is 14.2. The molecule has 2 aromatic carbocycles. The van der Waals surface area contributed by atoms with E-state index < -0.39 is 40.3 Å². The third-order valence-electron chi connectivity index (χ3n) is 7.66. The molecular weight excluding hydrogens is 649 g/mol. The third-order valence-corrected chi connectivity index (χ3v) is 9.95. The predicted molar refractivity (Wildman–Crippen MR) is 174 cm³/mol. The van der Waals surface area contributed by atoms with Gasteiger partial charge in [0.2, 0.25) is 15.9 Å².